The van der Waals surface area contributed by atoms with Gasteiger partial charge in [-0.05, 0) is 48.9 Å². The Hall–Kier alpha value is -2.80. The molecule has 0 aliphatic carbocycles. The molecule has 7 nitrogen and oxygen atoms in total. The van der Waals surface area contributed by atoms with Gasteiger partial charge in [0.1, 0.15) is 11.5 Å². The van der Waals surface area contributed by atoms with Crippen molar-refractivity contribution in [1.29, 1.82) is 0 Å². The number of pyridine rings is 1. The Kier molecular flexibility index (Phi) is 5.58. The zero-order valence-electron chi connectivity index (χ0n) is 14.7. The number of phenols is 2. The molecule has 138 valence electrons. The predicted molar refractivity (Wildman–Crippen MR) is 95.6 cm³/mol. The maximum Gasteiger partial charge on any atom is 0.426 e. The van der Waals surface area contributed by atoms with Crippen molar-refractivity contribution < 1.29 is 19.8 Å². The van der Waals surface area contributed by atoms with Crippen LogP contribution < -0.4 is 5.32 Å². The molecule has 3 rings (SSSR count). The fourth-order valence-electron chi connectivity index (χ4n) is 3.06. The Balaban J connectivity index is 1.44. The van der Waals surface area contributed by atoms with E-state index in [1.54, 1.807) is 23.4 Å². The van der Waals surface area contributed by atoms with Crippen LogP contribution in [0.3, 0.4) is 0 Å². The molecule has 1 fully saturated rings. The van der Waals surface area contributed by atoms with Crippen LogP contribution in [0.15, 0.2) is 36.5 Å². The van der Waals surface area contributed by atoms with Gasteiger partial charge in [0, 0.05) is 37.6 Å². The number of hydrogen-bond acceptors (Lipinski definition) is 6. The van der Waals surface area contributed by atoms with Crippen molar-refractivity contribution in [3.8, 4) is 11.5 Å². The van der Waals surface area contributed by atoms with Gasteiger partial charge in [-0.15, -0.1) is 5.06 Å². The molecule has 0 bridgehead atoms. The van der Waals surface area contributed by atoms with Crippen molar-refractivity contribution in [3.63, 3.8) is 0 Å². The van der Waals surface area contributed by atoms with E-state index in [1.165, 1.54) is 6.07 Å². The van der Waals surface area contributed by atoms with E-state index in [-0.39, 0.29) is 17.4 Å². The van der Waals surface area contributed by atoms with Gasteiger partial charge in [0.25, 0.3) is 0 Å². The van der Waals surface area contributed by atoms with Crippen LogP contribution in [0.25, 0.3) is 0 Å². The lowest BCUT2D eigenvalue weighted by atomic mass is 9.89. The van der Waals surface area contributed by atoms with Crippen LogP contribution in [0.4, 0.5) is 4.79 Å². The first-order valence-electron chi connectivity index (χ1n) is 8.65. The van der Waals surface area contributed by atoms with Gasteiger partial charge >= 0.3 is 6.09 Å². The molecule has 0 radical (unpaired) electrons. The van der Waals surface area contributed by atoms with E-state index in [1.807, 2.05) is 19.1 Å². The summed E-state index contributed by atoms with van der Waals surface area (Å²) in [6, 6.07) is 8.48. The number of nitrogens with one attached hydrogen (secondary N) is 1. The molecule has 3 N–H and O–H groups in total. The van der Waals surface area contributed by atoms with Crippen molar-refractivity contribution in [2.45, 2.75) is 32.2 Å². The highest BCUT2D eigenvalue weighted by atomic mass is 16.7. The van der Waals surface area contributed by atoms with E-state index in [9.17, 15) is 15.0 Å². The first-order valence-corrected chi connectivity index (χ1v) is 8.65. The number of hydrogen-bond donors (Lipinski definition) is 3. The van der Waals surface area contributed by atoms with Crippen molar-refractivity contribution >= 4 is 6.09 Å². The number of nitrogens with zero attached hydrogens (tertiary/aromatic N) is 2. The summed E-state index contributed by atoms with van der Waals surface area (Å²) in [5.41, 5.74) is 2.66. The summed E-state index contributed by atoms with van der Waals surface area (Å²) >= 11 is 0. The summed E-state index contributed by atoms with van der Waals surface area (Å²) in [5.74, 6) is 0.332. The Labute approximate surface area is 152 Å². The Morgan fingerprint density at radius 2 is 2.04 bits per heavy atom. The summed E-state index contributed by atoms with van der Waals surface area (Å²) in [6.45, 7) is 3.45. The number of carbonyl (C=O) groups is 1. The van der Waals surface area contributed by atoms with Gasteiger partial charge in [0.05, 0.1) is 0 Å². The Bertz CT molecular complexity index is 756. The van der Waals surface area contributed by atoms with Gasteiger partial charge in [0.2, 0.25) is 0 Å². The molecule has 1 saturated heterocycles. The van der Waals surface area contributed by atoms with Gasteiger partial charge in [-0.25, -0.2) is 4.79 Å². The SMILES string of the molecule is Cc1ccc(CNC(=O)ON2CCC(c3ccc(O)cc3O)CC2)cn1. The number of aromatic nitrogens is 1. The van der Waals surface area contributed by atoms with Gasteiger partial charge in [-0.2, -0.15) is 0 Å². The second-order valence-electron chi connectivity index (χ2n) is 6.49. The number of aromatic hydroxyl groups is 2. The minimum atomic E-state index is -0.489. The monoisotopic (exact) mass is 357 g/mol. The molecule has 0 saturated carbocycles. The highest BCUT2D eigenvalue weighted by molar-refractivity contribution is 5.66. The number of carbonyl (C=O) groups excluding carboxylic acids is 1. The van der Waals surface area contributed by atoms with Gasteiger partial charge < -0.3 is 20.4 Å². The van der Waals surface area contributed by atoms with Gasteiger partial charge in [-0.3, -0.25) is 4.98 Å². The van der Waals surface area contributed by atoms with E-state index in [0.29, 0.717) is 19.6 Å². The first-order chi connectivity index (χ1) is 12.5. The van der Waals surface area contributed by atoms with Crippen molar-refractivity contribution in [3.05, 3.63) is 53.3 Å². The van der Waals surface area contributed by atoms with Gasteiger partial charge in [0.15, 0.2) is 0 Å². The molecule has 0 unspecified atom stereocenters. The third-order valence-corrected chi connectivity index (χ3v) is 4.53. The molecular weight excluding hydrogens is 334 g/mol. The lowest BCUT2D eigenvalue weighted by Crippen LogP contribution is -2.38. The maximum atomic E-state index is 11.9. The molecule has 1 aliphatic heterocycles. The number of piperidine rings is 1. The molecule has 1 aromatic carbocycles. The molecule has 0 spiro atoms. The maximum absolute atomic E-state index is 11.9. The minimum absolute atomic E-state index is 0.0486. The lowest BCUT2D eigenvalue weighted by molar-refractivity contribution is -0.113. The quantitative estimate of drug-likeness (QED) is 0.779. The number of phenolic OH excluding ortho intramolecular Hbond substituents is 2. The Morgan fingerprint density at radius 3 is 2.69 bits per heavy atom. The second kappa shape index (κ2) is 8.05. The van der Waals surface area contributed by atoms with Crippen LogP contribution in [0, 0.1) is 6.92 Å². The summed E-state index contributed by atoms with van der Waals surface area (Å²) in [5, 5.41) is 23.7. The van der Waals surface area contributed by atoms with Crippen LogP contribution in [0.5, 0.6) is 11.5 Å². The number of rotatable bonds is 4. The van der Waals surface area contributed by atoms with E-state index in [0.717, 1.165) is 29.7 Å². The van der Waals surface area contributed by atoms with Crippen LogP contribution in [0.1, 0.15) is 35.6 Å². The largest absolute Gasteiger partial charge is 0.508 e. The smallest absolute Gasteiger partial charge is 0.426 e. The molecule has 1 amide bonds. The fraction of sp³-hybridized carbons (Fsp3) is 0.368. The molecule has 2 aromatic rings. The number of benzene rings is 1. The first kappa shape index (κ1) is 18.0. The molecule has 7 heteroatoms. The molecule has 1 aromatic heterocycles. The van der Waals surface area contributed by atoms with E-state index in [4.69, 9.17) is 4.84 Å². The average molecular weight is 357 g/mol. The summed E-state index contributed by atoms with van der Waals surface area (Å²) in [6.07, 6.45) is 2.75. The number of amides is 1. The van der Waals surface area contributed by atoms with E-state index >= 15 is 0 Å². The summed E-state index contributed by atoms with van der Waals surface area (Å²) < 4.78 is 0. The zero-order valence-corrected chi connectivity index (χ0v) is 14.7. The van der Waals surface area contributed by atoms with Crippen molar-refractivity contribution in [2.24, 2.45) is 0 Å². The highest BCUT2D eigenvalue weighted by Gasteiger charge is 2.25. The third kappa shape index (κ3) is 4.64. The molecule has 0 atom stereocenters. The van der Waals surface area contributed by atoms with Crippen molar-refractivity contribution in [1.82, 2.24) is 15.4 Å². The average Bonchev–Trinajstić information content (AvgIpc) is 2.62. The van der Waals surface area contributed by atoms with Crippen LogP contribution in [-0.2, 0) is 11.4 Å². The minimum Gasteiger partial charge on any atom is -0.508 e. The zero-order chi connectivity index (χ0) is 18.5. The number of aryl methyl sites for hydroxylation is 1. The molecule has 2 heterocycles. The van der Waals surface area contributed by atoms with E-state index < -0.39 is 6.09 Å². The third-order valence-electron chi connectivity index (χ3n) is 4.53. The summed E-state index contributed by atoms with van der Waals surface area (Å²) in [4.78, 5) is 21.4. The highest BCUT2D eigenvalue weighted by Crippen LogP contribution is 2.35. The topological polar surface area (TPSA) is 94.9 Å². The normalized spacial score (nSPS) is 15.6. The number of hydroxylamine groups is 2. The Morgan fingerprint density at radius 1 is 1.27 bits per heavy atom. The fourth-order valence-corrected chi connectivity index (χ4v) is 3.06. The second-order valence-corrected chi connectivity index (χ2v) is 6.49. The standard InChI is InChI=1S/C19H23N3O4/c1-13-2-3-14(11-20-13)12-21-19(25)26-22-8-6-15(7-9-22)17-5-4-16(23)10-18(17)24/h2-5,10-11,15,23-24H,6-9,12H2,1H3,(H,21,25). The lowest BCUT2D eigenvalue weighted by Gasteiger charge is -2.30. The van der Waals surface area contributed by atoms with Crippen LogP contribution >= 0.6 is 0 Å². The van der Waals surface area contributed by atoms with Gasteiger partial charge in [-0.1, -0.05) is 12.1 Å². The van der Waals surface area contributed by atoms with Crippen LogP contribution in [-0.4, -0.2) is 39.4 Å². The molecule has 1 aliphatic rings. The molecule has 26 heavy (non-hydrogen) atoms. The summed E-state index contributed by atoms with van der Waals surface area (Å²) in [7, 11) is 0. The van der Waals surface area contributed by atoms with Crippen LogP contribution in [0.2, 0.25) is 0 Å². The van der Waals surface area contributed by atoms with E-state index in [2.05, 4.69) is 10.3 Å². The van der Waals surface area contributed by atoms with Crippen molar-refractivity contribution in [2.75, 3.05) is 13.1 Å². The predicted octanol–water partition coefficient (Wildman–Crippen LogP) is 2.82. The molecular formula is C19H23N3O4.